The molecule has 1 heterocycles. The number of carbonyl (C=O) groups is 2. The number of hydrogen-bond donors (Lipinski definition) is 3. The summed E-state index contributed by atoms with van der Waals surface area (Å²) in [6.45, 7) is 3.12. The summed E-state index contributed by atoms with van der Waals surface area (Å²) in [6.07, 6.45) is -0.0241. The van der Waals surface area contributed by atoms with E-state index in [1.54, 1.807) is 18.2 Å². The van der Waals surface area contributed by atoms with E-state index in [2.05, 4.69) is 10.3 Å². The van der Waals surface area contributed by atoms with Gasteiger partial charge in [0.2, 0.25) is 0 Å². The van der Waals surface area contributed by atoms with E-state index in [0.29, 0.717) is 16.5 Å². The normalized spacial score (nSPS) is 11.0. The first-order chi connectivity index (χ1) is 11.3. The Hall–Kier alpha value is -2.38. The Kier molecular flexibility index (Phi) is 5.58. The molecule has 0 saturated heterocycles. The van der Waals surface area contributed by atoms with Crippen LogP contribution >= 0.6 is 11.6 Å². The lowest BCUT2D eigenvalue weighted by atomic mass is 10.1. The number of aliphatic carboxylic acids is 1. The third-order valence-electron chi connectivity index (χ3n) is 3.10. The average molecular weight is 353 g/mol. The Labute approximate surface area is 143 Å². The van der Waals surface area contributed by atoms with E-state index in [4.69, 9.17) is 21.4 Å². The number of hydrogen-bond acceptors (Lipinski definition) is 6. The van der Waals surface area contributed by atoms with Crippen LogP contribution in [-0.2, 0) is 4.79 Å². The van der Waals surface area contributed by atoms with Gasteiger partial charge in [-0.3, -0.25) is 14.9 Å². The first-order valence-corrected chi connectivity index (χ1v) is 7.62. The van der Waals surface area contributed by atoms with E-state index in [1.807, 2.05) is 13.8 Å². The van der Waals surface area contributed by atoms with Gasteiger partial charge in [0.05, 0.1) is 19.2 Å². The molecule has 1 aromatic carbocycles. The van der Waals surface area contributed by atoms with Gasteiger partial charge in [-0.2, -0.15) is 0 Å². The lowest BCUT2D eigenvalue weighted by Crippen LogP contribution is -2.28. The number of nitrogens with zero attached hydrogens (tertiary/aromatic N) is 1. The minimum atomic E-state index is -1.09. The fourth-order valence-corrected chi connectivity index (χ4v) is 2.39. The fourth-order valence-electron chi connectivity index (χ4n) is 2.15. The summed E-state index contributed by atoms with van der Waals surface area (Å²) >= 11 is 6.13. The largest absolute Gasteiger partial charge is 0.505 e. The van der Waals surface area contributed by atoms with E-state index < -0.39 is 11.8 Å². The van der Waals surface area contributed by atoms with Crippen LogP contribution in [0.3, 0.4) is 0 Å². The zero-order chi connectivity index (χ0) is 17.9. The van der Waals surface area contributed by atoms with Crippen LogP contribution in [-0.4, -0.2) is 46.1 Å². The highest BCUT2D eigenvalue weighted by Gasteiger charge is 2.19. The summed E-state index contributed by atoms with van der Waals surface area (Å²) in [7, 11) is 0. The molecule has 8 heteroatoms. The van der Waals surface area contributed by atoms with Crippen LogP contribution in [0, 0.1) is 0 Å². The first-order valence-electron chi connectivity index (χ1n) is 7.24. The number of rotatable bonds is 7. The molecule has 0 unspecified atom stereocenters. The molecule has 0 atom stereocenters. The van der Waals surface area contributed by atoms with Gasteiger partial charge in [-0.25, -0.2) is 4.98 Å². The van der Waals surface area contributed by atoms with Gasteiger partial charge in [-0.05, 0) is 32.0 Å². The van der Waals surface area contributed by atoms with Crippen molar-refractivity contribution in [2.45, 2.75) is 20.0 Å². The Morgan fingerprint density at radius 2 is 2.00 bits per heavy atom. The molecule has 2 rings (SSSR count). The van der Waals surface area contributed by atoms with Crippen molar-refractivity contribution in [1.82, 2.24) is 10.3 Å². The van der Waals surface area contributed by atoms with Gasteiger partial charge >= 0.3 is 5.97 Å². The van der Waals surface area contributed by atoms with Crippen LogP contribution in [0.5, 0.6) is 11.5 Å². The zero-order valence-electron chi connectivity index (χ0n) is 13.2. The van der Waals surface area contributed by atoms with Crippen LogP contribution in [0.15, 0.2) is 18.2 Å². The summed E-state index contributed by atoms with van der Waals surface area (Å²) in [4.78, 5) is 26.5. The number of Topliss-reactive ketones (excluding diaryl/α,β-unsaturated/α-hetero) is 1. The van der Waals surface area contributed by atoms with E-state index in [9.17, 15) is 14.7 Å². The first kappa shape index (κ1) is 18.0. The minimum Gasteiger partial charge on any atom is -0.505 e. The Balaban J connectivity index is 2.35. The van der Waals surface area contributed by atoms with Crippen LogP contribution < -0.4 is 10.1 Å². The second-order valence-electron chi connectivity index (χ2n) is 5.39. The Morgan fingerprint density at radius 3 is 2.62 bits per heavy atom. The van der Waals surface area contributed by atoms with Crippen molar-refractivity contribution in [3.63, 3.8) is 0 Å². The fraction of sp³-hybridized carbons (Fsp3) is 0.312. The third-order valence-corrected chi connectivity index (χ3v) is 3.39. The van der Waals surface area contributed by atoms with E-state index in [0.717, 1.165) is 0 Å². The topological polar surface area (TPSA) is 109 Å². The molecule has 0 fully saturated rings. The van der Waals surface area contributed by atoms with Gasteiger partial charge < -0.3 is 14.9 Å². The second-order valence-corrected chi connectivity index (χ2v) is 5.75. The average Bonchev–Trinajstić information content (AvgIpc) is 2.49. The van der Waals surface area contributed by atoms with Gasteiger partial charge in [0.15, 0.2) is 17.2 Å². The molecule has 0 amide bonds. The smallest absolute Gasteiger partial charge is 0.317 e. The molecule has 3 N–H and O–H groups in total. The van der Waals surface area contributed by atoms with Crippen molar-refractivity contribution in [1.29, 1.82) is 0 Å². The maximum absolute atomic E-state index is 12.1. The summed E-state index contributed by atoms with van der Waals surface area (Å²) < 4.78 is 5.57. The van der Waals surface area contributed by atoms with Crippen LogP contribution in [0.4, 0.5) is 0 Å². The van der Waals surface area contributed by atoms with Crippen LogP contribution in [0.25, 0.3) is 10.8 Å². The van der Waals surface area contributed by atoms with E-state index in [1.165, 1.54) is 0 Å². The summed E-state index contributed by atoms with van der Waals surface area (Å²) in [6, 6.07) is 4.90. The number of carboxylic acids is 1. The SMILES string of the molecule is CC(C)Oc1ccc2c(O)c(C(=O)CNCC(=O)O)nc(Cl)c2c1. The van der Waals surface area contributed by atoms with Crippen LogP contribution in [0.1, 0.15) is 24.3 Å². The predicted molar refractivity (Wildman–Crippen MR) is 89.0 cm³/mol. The van der Waals surface area contributed by atoms with Crippen molar-refractivity contribution in [3.8, 4) is 11.5 Å². The van der Waals surface area contributed by atoms with Crippen molar-refractivity contribution in [3.05, 3.63) is 29.0 Å². The monoisotopic (exact) mass is 352 g/mol. The van der Waals surface area contributed by atoms with Gasteiger partial charge in [-0.15, -0.1) is 0 Å². The Bertz CT molecular complexity index is 792. The standard InChI is InChI=1S/C16H17ClN2O5/c1-8(2)24-9-3-4-10-11(5-9)16(17)19-14(15(10)23)12(20)6-18-7-13(21)22/h3-5,8,18,23H,6-7H2,1-2H3,(H,21,22). The predicted octanol–water partition coefficient (Wildman–Crippen LogP) is 2.24. The number of nitrogens with one attached hydrogen (secondary N) is 1. The van der Waals surface area contributed by atoms with Crippen molar-refractivity contribution >= 4 is 34.1 Å². The molecule has 0 aliphatic carbocycles. The number of carbonyl (C=O) groups excluding carboxylic acids is 1. The number of pyridine rings is 1. The molecule has 0 spiro atoms. The third kappa shape index (κ3) is 4.12. The lowest BCUT2D eigenvalue weighted by molar-refractivity contribution is -0.135. The molecule has 128 valence electrons. The number of ketones is 1. The van der Waals surface area contributed by atoms with E-state index >= 15 is 0 Å². The molecule has 2 aromatic rings. The highest BCUT2D eigenvalue weighted by molar-refractivity contribution is 6.35. The van der Waals surface area contributed by atoms with Gasteiger partial charge in [0, 0.05) is 10.8 Å². The number of aromatic hydroxyl groups is 1. The number of fused-ring (bicyclic) bond motifs is 1. The molecule has 0 aliphatic heterocycles. The molecule has 24 heavy (non-hydrogen) atoms. The quantitative estimate of drug-likeness (QED) is 0.518. The van der Waals surface area contributed by atoms with Gasteiger partial charge in [0.1, 0.15) is 10.9 Å². The molecule has 7 nitrogen and oxygen atoms in total. The van der Waals surface area contributed by atoms with Crippen molar-refractivity contribution < 1.29 is 24.5 Å². The van der Waals surface area contributed by atoms with Crippen molar-refractivity contribution in [2.24, 2.45) is 0 Å². The molecule has 1 aromatic heterocycles. The number of benzene rings is 1. The highest BCUT2D eigenvalue weighted by atomic mass is 35.5. The van der Waals surface area contributed by atoms with Crippen LogP contribution in [0.2, 0.25) is 5.15 Å². The van der Waals surface area contributed by atoms with Gasteiger partial charge in [0.25, 0.3) is 0 Å². The second kappa shape index (κ2) is 7.46. The van der Waals surface area contributed by atoms with Crippen molar-refractivity contribution in [2.75, 3.05) is 13.1 Å². The maximum atomic E-state index is 12.1. The zero-order valence-corrected chi connectivity index (χ0v) is 13.9. The lowest BCUT2D eigenvalue weighted by Gasteiger charge is -2.12. The molecule has 0 bridgehead atoms. The molecular formula is C16H17ClN2O5. The Morgan fingerprint density at radius 1 is 1.29 bits per heavy atom. The number of aromatic nitrogens is 1. The van der Waals surface area contributed by atoms with E-state index in [-0.39, 0.29) is 35.8 Å². The maximum Gasteiger partial charge on any atom is 0.317 e. The summed E-state index contributed by atoms with van der Waals surface area (Å²) in [5.41, 5.74) is -0.206. The molecule has 0 radical (unpaired) electrons. The molecule has 0 aliphatic rings. The molecule has 0 saturated carbocycles. The number of halogens is 1. The molecular weight excluding hydrogens is 336 g/mol. The summed E-state index contributed by atoms with van der Waals surface area (Å²) in [5, 5.41) is 22.2. The minimum absolute atomic E-state index is 0.0241. The summed E-state index contributed by atoms with van der Waals surface area (Å²) in [5.74, 6) is -1.37. The number of ether oxygens (including phenoxy) is 1. The highest BCUT2D eigenvalue weighted by Crippen LogP contribution is 2.34. The van der Waals surface area contributed by atoms with Gasteiger partial charge in [-0.1, -0.05) is 11.6 Å². The number of carboxylic acid groups (broad SMARTS) is 1.